The Hall–Kier alpha value is -2.07. The van der Waals surface area contributed by atoms with Crippen molar-refractivity contribution in [3.05, 3.63) is 60.2 Å². The predicted molar refractivity (Wildman–Crippen MR) is 81.1 cm³/mol. The van der Waals surface area contributed by atoms with E-state index in [4.69, 9.17) is 11.6 Å². The second-order valence-corrected chi connectivity index (χ2v) is 4.93. The second-order valence-electron chi connectivity index (χ2n) is 4.66. The van der Waals surface area contributed by atoms with Gasteiger partial charge in [0.1, 0.15) is 5.65 Å². The van der Waals surface area contributed by atoms with Crippen LogP contribution in [-0.2, 0) is 12.4 Å². The molecule has 0 atom stereocenters. The van der Waals surface area contributed by atoms with Gasteiger partial charge in [-0.2, -0.15) is 0 Å². The summed E-state index contributed by atoms with van der Waals surface area (Å²) >= 11 is 6.10. The van der Waals surface area contributed by atoms with Gasteiger partial charge in [0.25, 0.3) is 0 Å². The number of fused-ring (bicyclic) bond motifs is 1. The Morgan fingerprint density at radius 1 is 1.25 bits per heavy atom. The maximum atomic E-state index is 6.10. The topological polar surface area (TPSA) is 33.4 Å². The molecule has 0 aliphatic carbocycles. The van der Waals surface area contributed by atoms with Crippen molar-refractivity contribution in [2.24, 2.45) is 0 Å². The van der Waals surface area contributed by atoms with Crippen LogP contribution in [0.5, 0.6) is 0 Å². The monoisotopic (exact) mass is 286 g/mol. The Labute approximate surface area is 122 Å². The number of halogens is 1. The first-order valence-corrected chi connectivity index (χ1v) is 6.95. The smallest absolute Gasteiger partial charge is 0.152 e. The van der Waals surface area contributed by atoms with E-state index in [2.05, 4.69) is 20.9 Å². The molecule has 0 radical (unpaired) electrons. The van der Waals surface area contributed by atoms with Crippen LogP contribution < -0.4 is 4.90 Å². The van der Waals surface area contributed by atoms with Crippen LogP contribution >= 0.6 is 11.6 Å². The van der Waals surface area contributed by atoms with E-state index in [1.54, 1.807) is 6.20 Å². The highest BCUT2D eigenvalue weighted by Gasteiger charge is 2.14. The Balaban J connectivity index is 1.97. The molecule has 0 aliphatic rings. The molecular weight excluding hydrogens is 272 g/mol. The van der Waals surface area contributed by atoms with Crippen molar-refractivity contribution in [1.29, 1.82) is 0 Å². The van der Waals surface area contributed by atoms with E-state index in [9.17, 15) is 0 Å². The minimum Gasteiger partial charge on any atom is -0.354 e. The van der Waals surface area contributed by atoms with Gasteiger partial charge in [0.15, 0.2) is 5.82 Å². The van der Waals surface area contributed by atoms with Gasteiger partial charge in [-0.1, -0.05) is 12.1 Å². The zero-order valence-electron chi connectivity index (χ0n) is 11.2. The number of nitrogens with zero attached hydrogens (tertiary/aromatic N) is 4. The predicted octanol–water partition coefficient (Wildman–Crippen LogP) is 3.10. The Morgan fingerprint density at radius 3 is 2.90 bits per heavy atom. The molecule has 3 aromatic heterocycles. The number of hydrogen-bond acceptors (Lipinski definition) is 3. The van der Waals surface area contributed by atoms with E-state index in [0.29, 0.717) is 5.88 Å². The summed E-state index contributed by atoms with van der Waals surface area (Å²) in [5.41, 5.74) is 3.07. The zero-order chi connectivity index (χ0) is 13.9. The fourth-order valence-corrected chi connectivity index (χ4v) is 2.55. The average Bonchev–Trinajstić information content (AvgIpc) is 2.87. The molecule has 0 saturated heterocycles. The molecule has 0 unspecified atom stereocenters. The maximum Gasteiger partial charge on any atom is 0.152 e. The number of aromatic nitrogens is 3. The summed E-state index contributed by atoms with van der Waals surface area (Å²) in [5, 5.41) is 0. The summed E-state index contributed by atoms with van der Waals surface area (Å²) in [7, 11) is 2.02. The van der Waals surface area contributed by atoms with Crippen LogP contribution in [0, 0.1) is 0 Å². The van der Waals surface area contributed by atoms with Gasteiger partial charge in [-0.15, -0.1) is 11.6 Å². The third-order valence-electron chi connectivity index (χ3n) is 3.24. The van der Waals surface area contributed by atoms with E-state index >= 15 is 0 Å². The molecule has 4 nitrogen and oxygen atoms in total. The lowest BCUT2D eigenvalue weighted by atomic mass is 10.2. The van der Waals surface area contributed by atoms with Crippen LogP contribution in [0.1, 0.15) is 11.3 Å². The number of rotatable bonds is 4. The molecule has 0 spiro atoms. The normalized spacial score (nSPS) is 10.9. The molecule has 102 valence electrons. The van der Waals surface area contributed by atoms with Gasteiger partial charge in [-0.05, 0) is 23.8 Å². The summed E-state index contributed by atoms with van der Waals surface area (Å²) in [6.07, 6.45) is 5.63. The number of anilines is 1. The molecule has 0 saturated carbocycles. The largest absolute Gasteiger partial charge is 0.354 e. The van der Waals surface area contributed by atoms with Crippen molar-refractivity contribution in [3.63, 3.8) is 0 Å². The lowest BCUT2D eigenvalue weighted by molar-refractivity contribution is 0.888. The number of imidazole rings is 1. The van der Waals surface area contributed by atoms with Crippen LogP contribution in [0.2, 0.25) is 0 Å². The van der Waals surface area contributed by atoms with Gasteiger partial charge < -0.3 is 9.30 Å². The summed E-state index contributed by atoms with van der Waals surface area (Å²) in [4.78, 5) is 10.9. The first-order chi connectivity index (χ1) is 9.79. The molecule has 5 heteroatoms. The zero-order valence-corrected chi connectivity index (χ0v) is 12.0. The third kappa shape index (κ3) is 2.34. The molecule has 0 aliphatic heterocycles. The SMILES string of the molecule is CN(Cc1cccnc1)c1nc2ccccn2c1CCl. The quantitative estimate of drug-likeness (QED) is 0.691. The fraction of sp³-hybridized carbons (Fsp3) is 0.200. The first kappa shape index (κ1) is 12.9. The third-order valence-corrected chi connectivity index (χ3v) is 3.49. The summed E-state index contributed by atoms with van der Waals surface area (Å²) in [6, 6.07) is 9.94. The fourth-order valence-electron chi connectivity index (χ4n) is 2.30. The molecule has 0 N–H and O–H groups in total. The summed E-state index contributed by atoms with van der Waals surface area (Å²) in [6.45, 7) is 0.752. The second kappa shape index (κ2) is 5.51. The van der Waals surface area contributed by atoms with Gasteiger partial charge in [-0.25, -0.2) is 4.98 Å². The Morgan fingerprint density at radius 2 is 2.15 bits per heavy atom. The molecule has 0 fully saturated rings. The Kier molecular flexibility index (Phi) is 3.56. The Bertz CT molecular complexity index is 708. The van der Waals surface area contributed by atoms with Gasteiger partial charge in [0, 0.05) is 32.2 Å². The van der Waals surface area contributed by atoms with Crippen molar-refractivity contribution in [3.8, 4) is 0 Å². The van der Waals surface area contributed by atoms with E-state index < -0.39 is 0 Å². The van der Waals surface area contributed by atoms with Gasteiger partial charge >= 0.3 is 0 Å². The van der Waals surface area contributed by atoms with Crippen molar-refractivity contribution in [2.75, 3.05) is 11.9 Å². The van der Waals surface area contributed by atoms with Crippen LogP contribution in [0.3, 0.4) is 0 Å². The standard InChI is InChI=1S/C15H15ClN4/c1-19(11-12-5-4-7-17-10-12)15-13(9-16)20-8-3-2-6-14(20)18-15/h2-8,10H,9,11H2,1H3. The average molecular weight is 287 g/mol. The molecule has 3 rings (SSSR count). The molecule has 0 bridgehead atoms. The van der Waals surface area contributed by atoms with Crippen LogP contribution in [0.25, 0.3) is 5.65 Å². The summed E-state index contributed by atoms with van der Waals surface area (Å²) < 4.78 is 2.03. The van der Waals surface area contributed by atoms with Gasteiger partial charge in [-0.3, -0.25) is 4.98 Å². The molecule has 20 heavy (non-hydrogen) atoms. The van der Waals surface area contributed by atoms with Gasteiger partial charge in [0.2, 0.25) is 0 Å². The van der Waals surface area contributed by atoms with Crippen LogP contribution in [0.15, 0.2) is 48.9 Å². The first-order valence-electron chi connectivity index (χ1n) is 6.41. The van der Waals surface area contributed by atoms with Crippen molar-refractivity contribution >= 4 is 23.1 Å². The van der Waals surface area contributed by atoms with Gasteiger partial charge in [0.05, 0.1) is 11.6 Å². The minimum atomic E-state index is 0.428. The lowest BCUT2D eigenvalue weighted by Gasteiger charge is -2.17. The van der Waals surface area contributed by atoms with Crippen LogP contribution in [-0.4, -0.2) is 21.4 Å². The number of alkyl halides is 1. The molecule has 3 heterocycles. The van der Waals surface area contributed by atoms with E-state index in [0.717, 1.165) is 29.3 Å². The van der Waals surface area contributed by atoms with Crippen molar-refractivity contribution in [1.82, 2.24) is 14.4 Å². The maximum absolute atomic E-state index is 6.10. The lowest BCUT2D eigenvalue weighted by Crippen LogP contribution is -2.18. The van der Waals surface area contributed by atoms with Crippen molar-refractivity contribution < 1.29 is 0 Å². The van der Waals surface area contributed by atoms with E-state index in [1.165, 1.54) is 0 Å². The van der Waals surface area contributed by atoms with E-state index in [-0.39, 0.29) is 0 Å². The molecular formula is C15H15ClN4. The highest BCUT2D eigenvalue weighted by Crippen LogP contribution is 2.23. The number of pyridine rings is 2. The molecule has 0 aromatic carbocycles. The van der Waals surface area contributed by atoms with E-state index in [1.807, 2.05) is 48.1 Å². The van der Waals surface area contributed by atoms with Crippen molar-refractivity contribution in [2.45, 2.75) is 12.4 Å². The molecule has 3 aromatic rings. The minimum absolute atomic E-state index is 0.428. The number of hydrogen-bond donors (Lipinski definition) is 0. The highest BCUT2D eigenvalue weighted by molar-refractivity contribution is 6.17. The molecule has 0 amide bonds. The van der Waals surface area contributed by atoms with Crippen LogP contribution in [0.4, 0.5) is 5.82 Å². The summed E-state index contributed by atoms with van der Waals surface area (Å²) in [5.74, 6) is 1.34. The highest BCUT2D eigenvalue weighted by atomic mass is 35.5.